The van der Waals surface area contributed by atoms with Gasteiger partial charge < -0.3 is 9.30 Å². The number of imidazole rings is 1. The third kappa shape index (κ3) is 5.11. The number of halogens is 1. The standard InChI is InChI=1S/C22H31ClN2O/c1-22(2,3)20-7-5-4-6-19(20)21(14-25-13-12-24-16-25)26-15-17-8-10-18(23)11-9-17/h8-13,16,19-21H,4-7,14-15H2,1-3H3. The quantitative estimate of drug-likeness (QED) is 0.622. The fraction of sp³-hybridized carbons (Fsp3) is 0.591. The van der Waals surface area contributed by atoms with E-state index in [2.05, 4.69) is 42.5 Å². The van der Waals surface area contributed by atoms with Crippen LogP contribution in [0.1, 0.15) is 52.0 Å². The summed E-state index contributed by atoms with van der Waals surface area (Å²) in [6.07, 6.45) is 11.2. The minimum absolute atomic E-state index is 0.199. The second-order valence-electron chi connectivity index (χ2n) is 8.66. The van der Waals surface area contributed by atoms with E-state index in [1.165, 1.54) is 31.2 Å². The van der Waals surface area contributed by atoms with Crippen LogP contribution >= 0.6 is 11.6 Å². The minimum Gasteiger partial charge on any atom is -0.371 e. The first-order valence-electron chi connectivity index (χ1n) is 9.75. The van der Waals surface area contributed by atoms with Gasteiger partial charge in [0.2, 0.25) is 0 Å². The summed E-state index contributed by atoms with van der Waals surface area (Å²) in [7, 11) is 0. The van der Waals surface area contributed by atoms with Gasteiger partial charge in [0.05, 0.1) is 25.6 Å². The lowest BCUT2D eigenvalue weighted by Gasteiger charge is -2.44. The SMILES string of the molecule is CC(C)(C)C1CCCCC1C(Cn1ccnc1)OCc1ccc(Cl)cc1. The molecule has 4 heteroatoms. The average molecular weight is 375 g/mol. The van der Waals surface area contributed by atoms with Crippen LogP contribution in [0.4, 0.5) is 0 Å². The summed E-state index contributed by atoms with van der Waals surface area (Å²) in [6, 6.07) is 7.98. The number of rotatable bonds is 6. The second kappa shape index (κ2) is 8.58. The Hall–Kier alpha value is -1.32. The molecule has 0 spiro atoms. The Kier molecular flexibility index (Phi) is 6.42. The number of aromatic nitrogens is 2. The number of benzene rings is 1. The highest BCUT2D eigenvalue weighted by Gasteiger charge is 2.38. The molecule has 1 fully saturated rings. The van der Waals surface area contributed by atoms with Crippen LogP contribution in [0.3, 0.4) is 0 Å². The van der Waals surface area contributed by atoms with Gasteiger partial charge in [0.15, 0.2) is 0 Å². The van der Waals surface area contributed by atoms with Gasteiger partial charge in [-0.05, 0) is 47.8 Å². The van der Waals surface area contributed by atoms with E-state index in [9.17, 15) is 0 Å². The van der Waals surface area contributed by atoms with Crippen LogP contribution in [-0.4, -0.2) is 15.7 Å². The van der Waals surface area contributed by atoms with Crippen molar-refractivity contribution < 1.29 is 4.74 Å². The van der Waals surface area contributed by atoms with E-state index >= 15 is 0 Å². The lowest BCUT2D eigenvalue weighted by molar-refractivity contribution is -0.0606. The van der Waals surface area contributed by atoms with Gasteiger partial charge in [0.25, 0.3) is 0 Å². The topological polar surface area (TPSA) is 27.1 Å². The lowest BCUT2D eigenvalue weighted by Crippen LogP contribution is -2.41. The predicted molar refractivity (Wildman–Crippen MR) is 107 cm³/mol. The van der Waals surface area contributed by atoms with Crippen LogP contribution in [0.15, 0.2) is 43.0 Å². The maximum atomic E-state index is 6.51. The van der Waals surface area contributed by atoms with E-state index in [4.69, 9.17) is 16.3 Å². The fourth-order valence-corrected chi connectivity index (χ4v) is 4.50. The predicted octanol–water partition coefficient (Wildman–Crippen LogP) is 5.97. The Morgan fingerprint density at radius 3 is 2.58 bits per heavy atom. The summed E-state index contributed by atoms with van der Waals surface area (Å²) in [5.41, 5.74) is 1.48. The molecular weight excluding hydrogens is 344 g/mol. The Bertz CT molecular complexity index is 660. The monoisotopic (exact) mass is 374 g/mol. The van der Waals surface area contributed by atoms with Crippen molar-refractivity contribution in [3.8, 4) is 0 Å². The van der Waals surface area contributed by atoms with Gasteiger partial charge in [-0.3, -0.25) is 0 Å². The molecular formula is C22H31ClN2O. The van der Waals surface area contributed by atoms with E-state index in [0.29, 0.717) is 23.9 Å². The van der Waals surface area contributed by atoms with E-state index in [-0.39, 0.29) is 6.10 Å². The highest BCUT2D eigenvalue weighted by molar-refractivity contribution is 6.30. The molecule has 1 aromatic carbocycles. The lowest BCUT2D eigenvalue weighted by atomic mass is 9.64. The molecule has 2 aromatic rings. The van der Waals surface area contributed by atoms with Gasteiger partial charge in [0, 0.05) is 17.4 Å². The molecule has 1 aliphatic carbocycles. The number of nitrogens with zero attached hydrogens (tertiary/aromatic N) is 2. The first-order valence-corrected chi connectivity index (χ1v) is 10.1. The Morgan fingerprint density at radius 1 is 1.19 bits per heavy atom. The summed E-state index contributed by atoms with van der Waals surface area (Å²) in [6.45, 7) is 8.63. The van der Waals surface area contributed by atoms with Gasteiger partial charge in [-0.15, -0.1) is 0 Å². The fourth-order valence-electron chi connectivity index (χ4n) is 4.38. The summed E-state index contributed by atoms with van der Waals surface area (Å²) < 4.78 is 8.67. The van der Waals surface area contributed by atoms with Gasteiger partial charge in [-0.1, -0.05) is 57.3 Å². The maximum Gasteiger partial charge on any atom is 0.0946 e. The molecule has 1 aromatic heterocycles. The molecule has 142 valence electrons. The van der Waals surface area contributed by atoms with Crippen LogP contribution in [0, 0.1) is 17.3 Å². The van der Waals surface area contributed by atoms with Crippen molar-refractivity contribution in [2.75, 3.05) is 0 Å². The van der Waals surface area contributed by atoms with E-state index in [1.807, 2.05) is 30.9 Å². The molecule has 0 radical (unpaired) electrons. The molecule has 3 atom stereocenters. The number of hydrogen-bond donors (Lipinski definition) is 0. The van der Waals surface area contributed by atoms with Gasteiger partial charge in [0.1, 0.15) is 0 Å². The Balaban J connectivity index is 1.76. The zero-order valence-corrected chi connectivity index (χ0v) is 17.0. The largest absolute Gasteiger partial charge is 0.371 e. The molecule has 3 rings (SSSR count). The van der Waals surface area contributed by atoms with Crippen molar-refractivity contribution in [1.82, 2.24) is 9.55 Å². The number of hydrogen-bond acceptors (Lipinski definition) is 2. The molecule has 1 saturated carbocycles. The maximum absolute atomic E-state index is 6.51. The Morgan fingerprint density at radius 2 is 1.92 bits per heavy atom. The van der Waals surface area contributed by atoms with Crippen molar-refractivity contribution in [1.29, 1.82) is 0 Å². The van der Waals surface area contributed by atoms with Crippen molar-refractivity contribution in [2.45, 2.75) is 65.7 Å². The smallest absolute Gasteiger partial charge is 0.0946 e. The summed E-state index contributed by atoms with van der Waals surface area (Å²) in [5, 5.41) is 0.767. The van der Waals surface area contributed by atoms with Gasteiger partial charge in [-0.2, -0.15) is 0 Å². The van der Waals surface area contributed by atoms with Gasteiger partial charge in [-0.25, -0.2) is 4.98 Å². The van der Waals surface area contributed by atoms with E-state index in [0.717, 1.165) is 11.6 Å². The van der Waals surface area contributed by atoms with Crippen molar-refractivity contribution >= 4 is 11.6 Å². The summed E-state index contributed by atoms with van der Waals surface area (Å²) >= 11 is 6.01. The van der Waals surface area contributed by atoms with Crippen LogP contribution < -0.4 is 0 Å². The molecule has 0 amide bonds. The minimum atomic E-state index is 0.199. The highest BCUT2D eigenvalue weighted by atomic mass is 35.5. The zero-order valence-electron chi connectivity index (χ0n) is 16.2. The first kappa shape index (κ1) is 19.4. The van der Waals surface area contributed by atoms with Crippen molar-refractivity contribution in [2.24, 2.45) is 17.3 Å². The highest BCUT2D eigenvalue weighted by Crippen LogP contribution is 2.44. The molecule has 3 unspecified atom stereocenters. The van der Waals surface area contributed by atoms with E-state index in [1.54, 1.807) is 0 Å². The third-order valence-corrected chi connectivity index (χ3v) is 5.99. The summed E-state index contributed by atoms with van der Waals surface area (Å²) in [4.78, 5) is 4.21. The Labute approximate surface area is 162 Å². The van der Waals surface area contributed by atoms with Crippen LogP contribution in [0.5, 0.6) is 0 Å². The van der Waals surface area contributed by atoms with Crippen LogP contribution in [-0.2, 0) is 17.9 Å². The molecule has 0 aliphatic heterocycles. The normalized spacial score (nSPS) is 22.3. The van der Waals surface area contributed by atoms with E-state index < -0.39 is 0 Å². The number of ether oxygens (including phenoxy) is 1. The molecule has 0 bridgehead atoms. The molecule has 0 N–H and O–H groups in total. The molecule has 1 heterocycles. The first-order chi connectivity index (χ1) is 12.4. The summed E-state index contributed by atoms with van der Waals surface area (Å²) in [5.74, 6) is 1.27. The van der Waals surface area contributed by atoms with Gasteiger partial charge >= 0.3 is 0 Å². The van der Waals surface area contributed by atoms with Crippen molar-refractivity contribution in [3.05, 3.63) is 53.6 Å². The second-order valence-corrected chi connectivity index (χ2v) is 9.09. The zero-order chi connectivity index (χ0) is 18.6. The molecule has 0 saturated heterocycles. The van der Waals surface area contributed by atoms with Crippen LogP contribution in [0.2, 0.25) is 5.02 Å². The van der Waals surface area contributed by atoms with Crippen molar-refractivity contribution in [3.63, 3.8) is 0 Å². The van der Waals surface area contributed by atoms with Crippen LogP contribution in [0.25, 0.3) is 0 Å². The molecule has 1 aliphatic rings. The molecule has 26 heavy (non-hydrogen) atoms. The third-order valence-electron chi connectivity index (χ3n) is 5.74. The average Bonchev–Trinajstić information content (AvgIpc) is 3.12. The molecule has 3 nitrogen and oxygen atoms in total.